The van der Waals surface area contributed by atoms with E-state index in [1.54, 1.807) is 0 Å². The third-order valence-electron chi connectivity index (χ3n) is 2.53. The number of nitrogens with zero attached hydrogens (tertiary/aromatic N) is 2. The van der Waals surface area contributed by atoms with Gasteiger partial charge < -0.3 is 10.2 Å². The maximum Gasteiger partial charge on any atom is 0.127 e. The zero-order valence-electron chi connectivity index (χ0n) is 8.83. The van der Waals surface area contributed by atoms with E-state index in [1.165, 1.54) is 18.5 Å². The smallest absolute Gasteiger partial charge is 0.127 e. The highest BCUT2D eigenvalue weighted by Crippen LogP contribution is 2.28. The molecule has 3 heteroatoms. The Morgan fingerprint density at radius 3 is 2.93 bits per heavy atom. The van der Waals surface area contributed by atoms with Crippen LogP contribution in [0.3, 0.4) is 0 Å². The Labute approximate surface area is 85.1 Å². The van der Waals surface area contributed by atoms with Crippen molar-refractivity contribution in [1.82, 2.24) is 4.98 Å². The molecule has 0 amide bonds. The van der Waals surface area contributed by atoms with Gasteiger partial charge in [-0.1, -0.05) is 0 Å². The number of aromatic nitrogens is 1. The molecule has 1 aliphatic rings. The van der Waals surface area contributed by atoms with Crippen molar-refractivity contribution >= 4 is 11.5 Å². The molecule has 3 nitrogen and oxygen atoms in total. The van der Waals surface area contributed by atoms with E-state index in [4.69, 9.17) is 0 Å². The molecule has 0 aliphatic heterocycles. The fourth-order valence-electron chi connectivity index (χ4n) is 1.37. The fraction of sp³-hybridized carbons (Fsp3) is 0.545. The molecule has 0 radical (unpaired) electrons. The summed E-state index contributed by atoms with van der Waals surface area (Å²) in [4.78, 5) is 6.37. The van der Waals surface area contributed by atoms with Crippen LogP contribution in [0.25, 0.3) is 0 Å². The Kier molecular flexibility index (Phi) is 2.57. The minimum absolute atomic E-state index is 0.889. The van der Waals surface area contributed by atoms with E-state index in [2.05, 4.69) is 21.3 Å². The lowest BCUT2D eigenvalue weighted by molar-refractivity contribution is 0.882. The standard InChI is InChI=1S/C11H17N3/c1-14(2)10-5-6-12-11(7-10)13-8-9-3-4-9/h5-7,9H,3-4,8H2,1-2H3,(H,12,13). The summed E-state index contributed by atoms with van der Waals surface area (Å²) in [6.07, 6.45) is 4.60. The van der Waals surface area contributed by atoms with E-state index >= 15 is 0 Å². The van der Waals surface area contributed by atoms with Crippen LogP contribution in [0.1, 0.15) is 12.8 Å². The van der Waals surface area contributed by atoms with Crippen LogP contribution in [0.2, 0.25) is 0 Å². The monoisotopic (exact) mass is 191 g/mol. The first kappa shape index (κ1) is 9.31. The first-order chi connectivity index (χ1) is 6.75. The predicted molar refractivity (Wildman–Crippen MR) is 59.8 cm³/mol. The molecule has 0 unspecified atom stereocenters. The number of hydrogen-bond acceptors (Lipinski definition) is 3. The van der Waals surface area contributed by atoms with Crippen LogP contribution in [-0.2, 0) is 0 Å². The molecule has 0 aromatic carbocycles. The van der Waals surface area contributed by atoms with Crippen molar-refractivity contribution in [3.8, 4) is 0 Å². The van der Waals surface area contributed by atoms with Crippen molar-refractivity contribution < 1.29 is 0 Å². The molecule has 1 saturated carbocycles. The van der Waals surface area contributed by atoms with Crippen LogP contribution in [0.15, 0.2) is 18.3 Å². The first-order valence-corrected chi connectivity index (χ1v) is 5.13. The van der Waals surface area contributed by atoms with Crippen molar-refractivity contribution in [2.75, 3.05) is 30.9 Å². The van der Waals surface area contributed by atoms with Crippen LogP contribution in [0, 0.1) is 5.92 Å². The Hall–Kier alpha value is -1.25. The zero-order chi connectivity index (χ0) is 9.97. The molecule has 2 rings (SSSR count). The number of pyridine rings is 1. The molecule has 1 aromatic rings. The van der Waals surface area contributed by atoms with Crippen LogP contribution in [0.5, 0.6) is 0 Å². The lowest BCUT2D eigenvalue weighted by Crippen LogP contribution is -2.10. The van der Waals surface area contributed by atoms with Gasteiger partial charge in [0.2, 0.25) is 0 Å². The second-order valence-corrected chi connectivity index (χ2v) is 4.12. The molecule has 1 N–H and O–H groups in total. The van der Waals surface area contributed by atoms with Crippen LogP contribution < -0.4 is 10.2 Å². The van der Waals surface area contributed by atoms with Gasteiger partial charge in [-0.05, 0) is 24.8 Å². The molecule has 0 atom stereocenters. The summed E-state index contributed by atoms with van der Waals surface area (Å²) in [7, 11) is 4.08. The van der Waals surface area contributed by atoms with Gasteiger partial charge in [0.15, 0.2) is 0 Å². The topological polar surface area (TPSA) is 28.2 Å². The average Bonchev–Trinajstić information content (AvgIpc) is 2.99. The van der Waals surface area contributed by atoms with Crippen molar-refractivity contribution in [3.63, 3.8) is 0 Å². The third-order valence-corrected chi connectivity index (χ3v) is 2.53. The number of anilines is 2. The molecule has 0 saturated heterocycles. The van der Waals surface area contributed by atoms with E-state index in [0.717, 1.165) is 18.3 Å². The normalized spacial score (nSPS) is 15.3. The molecular weight excluding hydrogens is 174 g/mol. The van der Waals surface area contributed by atoms with Crippen LogP contribution >= 0.6 is 0 Å². The molecule has 1 aliphatic carbocycles. The van der Waals surface area contributed by atoms with Crippen molar-refractivity contribution in [2.45, 2.75) is 12.8 Å². The highest BCUT2D eigenvalue weighted by atomic mass is 15.1. The molecule has 0 spiro atoms. The molecular formula is C11H17N3. The fourth-order valence-corrected chi connectivity index (χ4v) is 1.37. The van der Waals surface area contributed by atoms with Crippen molar-refractivity contribution in [1.29, 1.82) is 0 Å². The molecule has 0 bridgehead atoms. The van der Waals surface area contributed by atoms with Gasteiger partial charge in [0.1, 0.15) is 5.82 Å². The largest absolute Gasteiger partial charge is 0.378 e. The van der Waals surface area contributed by atoms with Gasteiger partial charge in [-0.15, -0.1) is 0 Å². The van der Waals surface area contributed by atoms with Crippen molar-refractivity contribution in [3.05, 3.63) is 18.3 Å². The van der Waals surface area contributed by atoms with E-state index < -0.39 is 0 Å². The van der Waals surface area contributed by atoms with Gasteiger partial charge in [-0.3, -0.25) is 0 Å². The molecule has 14 heavy (non-hydrogen) atoms. The van der Waals surface area contributed by atoms with E-state index in [1.807, 2.05) is 26.4 Å². The van der Waals surface area contributed by atoms with Crippen molar-refractivity contribution in [2.24, 2.45) is 5.92 Å². The summed E-state index contributed by atoms with van der Waals surface area (Å²) in [5.41, 5.74) is 1.19. The first-order valence-electron chi connectivity index (χ1n) is 5.13. The molecule has 1 aromatic heterocycles. The summed E-state index contributed by atoms with van der Waals surface area (Å²) in [5, 5.41) is 3.36. The maximum atomic E-state index is 4.28. The van der Waals surface area contributed by atoms with Gasteiger partial charge in [0, 0.05) is 38.6 Å². The predicted octanol–water partition coefficient (Wildman–Crippen LogP) is 1.97. The molecule has 76 valence electrons. The second-order valence-electron chi connectivity index (χ2n) is 4.12. The summed E-state index contributed by atoms with van der Waals surface area (Å²) in [6.45, 7) is 1.07. The Balaban J connectivity index is 1.97. The van der Waals surface area contributed by atoms with E-state index in [0.29, 0.717) is 0 Å². The highest BCUT2D eigenvalue weighted by molar-refractivity contribution is 5.52. The van der Waals surface area contributed by atoms with E-state index in [-0.39, 0.29) is 0 Å². The van der Waals surface area contributed by atoms with Gasteiger partial charge in [0.25, 0.3) is 0 Å². The van der Waals surface area contributed by atoms with Gasteiger partial charge >= 0.3 is 0 Å². The van der Waals surface area contributed by atoms with Crippen LogP contribution in [-0.4, -0.2) is 25.6 Å². The Morgan fingerprint density at radius 1 is 1.50 bits per heavy atom. The quantitative estimate of drug-likeness (QED) is 0.788. The number of rotatable bonds is 4. The molecule has 1 fully saturated rings. The second kappa shape index (κ2) is 3.86. The van der Waals surface area contributed by atoms with E-state index in [9.17, 15) is 0 Å². The lowest BCUT2D eigenvalue weighted by Gasteiger charge is -2.13. The summed E-state index contributed by atoms with van der Waals surface area (Å²) < 4.78 is 0. The maximum absolute atomic E-state index is 4.28. The zero-order valence-corrected chi connectivity index (χ0v) is 8.83. The van der Waals surface area contributed by atoms with Gasteiger partial charge in [-0.2, -0.15) is 0 Å². The van der Waals surface area contributed by atoms with Gasteiger partial charge in [0.05, 0.1) is 0 Å². The Bertz CT molecular complexity index is 305. The third kappa shape index (κ3) is 2.37. The number of hydrogen-bond donors (Lipinski definition) is 1. The summed E-state index contributed by atoms with van der Waals surface area (Å²) in [5.74, 6) is 1.88. The summed E-state index contributed by atoms with van der Waals surface area (Å²) >= 11 is 0. The minimum Gasteiger partial charge on any atom is -0.378 e. The Morgan fingerprint density at radius 2 is 2.29 bits per heavy atom. The van der Waals surface area contributed by atoms with Crippen LogP contribution in [0.4, 0.5) is 11.5 Å². The highest BCUT2D eigenvalue weighted by Gasteiger charge is 2.20. The number of nitrogens with one attached hydrogen (secondary N) is 1. The average molecular weight is 191 g/mol. The molecule has 1 heterocycles. The SMILES string of the molecule is CN(C)c1ccnc(NCC2CC2)c1. The minimum atomic E-state index is 0.889. The van der Waals surface area contributed by atoms with Gasteiger partial charge in [-0.25, -0.2) is 4.98 Å². The lowest BCUT2D eigenvalue weighted by atomic mass is 10.3. The summed E-state index contributed by atoms with van der Waals surface area (Å²) in [6, 6.07) is 4.10.